The minimum atomic E-state index is -0.557. The zero-order valence-corrected chi connectivity index (χ0v) is 12.0. The molecule has 1 aliphatic rings. The Balaban J connectivity index is 2.22. The van der Waals surface area contributed by atoms with Crippen LogP contribution in [-0.4, -0.2) is 35.8 Å². The van der Waals surface area contributed by atoms with E-state index in [2.05, 4.69) is 0 Å². The molecule has 108 valence electrons. The average Bonchev–Trinajstić information content (AvgIpc) is 2.42. The van der Waals surface area contributed by atoms with Crippen LogP contribution in [0.2, 0.25) is 0 Å². The molecule has 1 unspecified atom stereocenters. The summed E-state index contributed by atoms with van der Waals surface area (Å²) in [5, 5.41) is 0. The van der Waals surface area contributed by atoms with Crippen molar-refractivity contribution in [2.75, 3.05) is 18.0 Å². The molecule has 1 heterocycles. The molecule has 0 N–H and O–H groups in total. The van der Waals surface area contributed by atoms with Gasteiger partial charge in [0.15, 0.2) is 0 Å². The van der Waals surface area contributed by atoms with E-state index in [-0.39, 0.29) is 23.4 Å². The van der Waals surface area contributed by atoms with Crippen LogP contribution in [-0.2, 0) is 9.59 Å². The van der Waals surface area contributed by atoms with Crippen molar-refractivity contribution in [1.29, 1.82) is 0 Å². The van der Waals surface area contributed by atoms with Crippen molar-refractivity contribution < 1.29 is 14.0 Å². The lowest BCUT2D eigenvalue weighted by Gasteiger charge is -2.39. The van der Waals surface area contributed by atoms with Crippen LogP contribution in [0, 0.1) is 11.7 Å². The van der Waals surface area contributed by atoms with Gasteiger partial charge >= 0.3 is 0 Å². The Bertz CT molecular complexity index is 530. The second kappa shape index (κ2) is 5.61. The maximum Gasteiger partial charge on any atom is 0.249 e. The molecule has 1 aromatic rings. The molecule has 1 atom stereocenters. The molecule has 1 aliphatic heterocycles. The fraction of sp³-hybridized carbons (Fsp3) is 0.467. The third-order valence-electron chi connectivity index (χ3n) is 3.58. The Morgan fingerprint density at radius 2 is 1.95 bits per heavy atom. The van der Waals surface area contributed by atoms with Gasteiger partial charge in [-0.05, 0) is 19.1 Å². The van der Waals surface area contributed by atoms with Gasteiger partial charge in [-0.3, -0.25) is 9.59 Å². The number of anilines is 1. The van der Waals surface area contributed by atoms with Crippen molar-refractivity contribution in [3.05, 3.63) is 30.1 Å². The van der Waals surface area contributed by atoms with Crippen LogP contribution in [0.1, 0.15) is 20.8 Å². The highest BCUT2D eigenvalue weighted by Gasteiger charge is 2.36. The fourth-order valence-electron chi connectivity index (χ4n) is 2.41. The van der Waals surface area contributed by atoms with E-state index in [1.807, 2.05) is 13.8 Å². The van der Waals surface area contributed by atoms with Gasteiger partial charge in [0.25, 0.3) is 0 Å². The first-order valence-electron chi connectivity index (χ1n) is 6.80. The average molecular weight is 278 g/mol. The highest BCUT2D eigenvalue weighted by molar-refractivity contribution is 6.00. The van der Waals surface area contributed by atoms with Crippen LogP contribution in [0.4, 0.5) is 10.1 Å². The van der Waals surface area contributed by atoms with E-state index in [9.17, 15) is 14.0 Å². The van der Waals surface area contributed by atoms with Crippen molar-refractivity contribution in [3.63, 3.8) is 0 Å². The summed E-state index contributed by atoms with van der Waals surface area (Å²) in [6, 6.07) is 5.64. The molecular formula is C15H19FN2O2. The zero-order valence-electron chi connectivity index (χ0n) is 12.0. The van der Waals surface area contributed by atoms with Gasteiger partial charge in [0.2, 0.25) is 11.8 Å². The monoisotopic (exact) mass is 278 g/mol. The number of piperazine rings is 1. The van der Waals surface area contributed by atoms with Crippen LogP contribution in [0.5, 0.6) is 0 Å². The molecule has 1 fully saturated rings. The van der Waals surface area contributed by atoms with E-state index >= 15 is 0 Å². The predicted octanol–water partition coefficient (Wildman–Crippen LogP) is 2.05. The molecule has 0 aliphatic carbocycles. The molecule has 20 heavy (non-hydrogen) atoms. The Labute approximate surface area is 118 Å². The van der Waals surface area contributed by atoms with Crippen molar-refractivity contribution >= 4 is 17.5 Å². The normalized spacial score (nSPS) is 19.6. The van der Waals surface area contributed by atoms with Crippen molar-refractivity contribution in [1.82, 2.24) is 4.90 Å². The highest BCUT2D eigenvalue weighted by atomic mass is 19.1. The number of rotatable bonds is 2. The molecule has 2 rings (SSSR count). The Morgan fingerprint density at radius 3 is 2.55 bits per heavy atom. The van der Waals surface area contributed by atoms with Crippen LogP contribution < -0.4 is 4.90 Å². The number of hydrogen-bond acceptors (Lipinski definition) is 2. The smallest absolute Gasteiger partial charge is 0.249 e. The third-order valence-corrected chi connectivity index (χ3v) is 3.58. The zero-order chi connectivity index (χ0) is 14.9. The summed E-state index contributed by atoms with van der Waals surface area (Å²) >= 11 is 0. The first-order valence-corrected chi connectivity index (χ1v) is 6.80. The SMILES string of the molecule is CC(C)C(=O)N1CCN(c2ccccc2F)C(=O)C1C. The van der Waals surface area contributed by atoms with E-state index in [1.54, 1.807) is 30.0 Å². The Kier molecular flexibility index (Phi) is 4.06. The number of nitrogens with zero attached hydrogens (tertiary/aromatic N) is 2. The predicted molar refractivity (Wildman–Crippen MR) is 74.8 cm³/mol. The van der Waals surface area contributed by atoms with E-state index in [4.69, 9.17) is 0 Å². The molecule has 1 aromatic carbocycles. The topological polar surface area (TPSA) is 40.6 Å². The summed E-state index contributed by atoms with van der Waals surface area (Å²) in [6.07, 6.45) is 0. The fourth-order valence-corrected chi connectivity index (χ4v) is 2.41. The lowest BCUT2D eigenvalue weighted by Crippen LogP contribution is -2.58. The van der Waals surface area contributed by atoms with Gasteiger partial charge in [0, 0.05) is 19.0 Å². The van der Waals surface area contributed by atoms with Gasteiger partial charge < -0.3 is 9.80 Å². The van der Waals surface area contributed by atoms with E-state index in [1.165, 1.54) is 11.0 Å². The number of carbonyl (C=O) groups is 2. The van der Waals surface area contributed by atoms with Crippen LogP contribution in [0.25, 0.3) is 0 Å². The van der Waals surface area contributed by atoms with E-state index < -0.39 is 11.9 Å². The van der Waals surface area contributed by atoms with Crippen LogP contribution in [0.3, 0.4) is 0 Å². The lowest BCUT2D eigenvalue weighted by molar-refractivity contribution is -0.143. The number of carbonyl (C=O) groups excluding carboxylic acids is 2. The maximum absolute atomic E-state index is 13.8. The molecule has 0 radical (unpaired) electrons. The van der Waals surface area contributed by atoms with Gasteiger partial charge in [-0.2, -0.15) is 0 Å². The first kappa shape index (κ1) is 14.5. The molecule has 0 saturated carbocycles. The van der Waals surface area contributed by atoms with Gasteiger partial charge in [0.1, 0.15) is 11.9 Å². The summed E-state index contributed by atoms with van der Waals surface area (Å²) in [5.74, 6) is -0.851. The number of hydrogen-bond donors (Lipinski definition) is 0. The van der Waals surface area contributed by atoms with Crippen molar-refractivity contribution in [2.24, 2.45) is 5.92 Å². The summed E-state index contributed by atoms with van der Waals surface area (Å²) in [6.45, 7) is 6.06. The maximum atomic E-state index is 13.8. The summed E-state index contributed by atoms with van der Waals surface area (Å²) in [7, 11) is 0. The summed E-state index contributed by atoms with van der Waals surface area (Å²) in [4.78, 5) is 27.4. The summed E-state index contributed by atoms with van der Waals surface area (Å²) < 4.78 is 13.8. The van der Waals surface area contributed by atoms with Gasteiger partial charge in [0.05, 0.1) is 5.69 Å². The Morgan fingerprint density at radius 1 is 1.30 bits per heavy atom. The molecular weight excluding hydrogens is 259 g/mol. The van der Waals surface area contributed by atoms with Crippen LogP contribution >= 0.6 is 0 Å². The third kappa shape index (κ3) is 2.53. The van der Waals surface area contributed by atoms with Crippen LogP contribution in [0.15, 0.2) is 24.3 Å². The quantitative estimate of drug-likeness (QED) is 0.830. The van der Waals surface area contributed by atoms with E-state index in [0.717, 1.165) is 0 Å². The molecule has 5 heteroatoms. The minimum absolute atomic E-state index is 0.0426. The second-order valence-corrected chi connectivity index (χ2v) is 5.30. The number of halogens is 1. The lowest BCUT2D eigenvalue weighted by atomic mass is 10.1. The summed E-state index contributed by atoms with van der Waals surface area (Å²) in [5.41, 5.74) is 0.279. The number of benzene rings is 1. The molecule has 0 spiro atoms. The Hall–Kier alpha value is -1.91. The van der Waals surface area contributed by atoms with Gasteiger partial charge in [-0.15, -0.1) is 0 Å². The van der Waals surface area contributed by atoms with E-state index in [0.29, 0.717) is 13.1 Å². The van der Waals surface area contributed by atoms with Gasteiger partial charge in [-0.1, -0.05) is 26.0 Å². The van der Waals surface area contributed by atoms with Crippen molar-refractivity contribution in [2.45, 2.75) is 26.8 Å². The molecule has 4 nitrogen and oxygen atoms in total. The van der Waals surface area contributed by atoms with Crippen molar-refractivity contribution in [3.8, 4) is 0 Å². The number of para-hydroxylation sites is 1. The molecule has 2 amide bonds. The van der Waals surface area contributed by atoms with Gasteiger partial charge in [-0.25, -0.2) is 4.39 Å². The number of amides is 2. The largest absolute Gasteiger partial charge is 0.329 e. The molecule has 1 saturated heterocycles. The second-order valence-electron chi connectivity index (χ2n) is 5.30. The molecule has 0 bridgehead atoms. The molecule has 0 aromatic heterocycles. The standard InChI is InChI=1S/C15H19FN2O2/c1-10(2)14(19)17-8-9-18(15(20)11(17)3)13-7-5-4-6-12(13)16/h4-7,10-11H,8-9H2,1-3H3. The highest BCUT2D eigenvalue weighted by Crippen LogP contribution is 2.24. The first-order chi connectivity index (χ1) is 9.43. The minimum Gasteiger partial charge on any atom is -0.329 e.